The van der Waals surface area contributed by atoms with E-state index in [1.807, 2.05) is 62.9 Å². The van der Waals surface area contributed by atoms with E-state index >= 15 is 0 Å². The van der Waals surface area contributed by atoms with Crippen molar-refractivity contribution >= 4 is 24.6 Å². The molecular formula is C19H26BNO3. The summed E-state index contributed by atoms with van der Waals surface area (Å²) < 4.78 is 12.3. The van der Waals surface area contributed by atoms with Crippen molar-refractivity contribution in [3.8, 4) is 0 Å². The molecule has 4 nitrogen and oxygen atoms in total. The first kappa shape index (κ1) is 17.2. The van der Waals surface area contributed by atoms with Crippen LogP contribution in [0.5, 0.6) is 0 Å². The van der Waals surface area contributed by atoms with Gasteiger partial charge in [-0.15, -0.1) is 0 Å². The van der Waals surface area contributed by atoms with Crippen LogP contribution in [0, 0.1) is 0 Å². The van der Waals surface area contributed by atoms with Crippen LogP contribution in [-0.4, -0.2) is 42.2 Å². The first-order valence-electron chi connectivity index (χ1n) is 8.72. The predicted molar refractivity (Wildman–Crippen MR) is 97.0 cm³/mol. The fourth-order valence-corrected chi connectivity index (χ4v) is 3.05. The molecule has 0 spiro atoms. The number of hydrogen-bond acceptors (Lipinski definition) is 3. The molecular weight excluding hydrogens is 301 g/mol. The van der Waals surface area contributed by atoms with Gasteiger partial charge in [-0.05, 0) is 57.6 Å². The van der Waals surface area contributed by atoms with Crippen molar-refractivity contribution in [1.82, 2.24) is 4.90 Å². The highest BCUT2D eigenvalue weighted by molar-refractivity contribution is 6.63. The van der Waals surface area contributed by atoms with Gasteiger partial charge < -0.3 is 14.2 Å². The molecule has 0 N–H and O–H groups in total. The molecule has 3 rings (SSSR count). The maximum absolute atomic E-state index is 12.2. The molecule has 2 saturated heterocycles. The van der Waals surface area contributed by atoms with Gasteiger partial charge in [-0.25, -0.2) is 0 Å². The van der Waals surface area contributed by atoms with Gasteiger partial charge in [0.25, 0.3) is 0 Å². The summed E-state index contributed by atoms with van der Waals surface area (Å²) in [6.45, 7) is 9.90. The molecule has 0 bridgehead atoms. The lowest BCUT2D eigenvalue weighted by atomic mass is 9.76. The molecule has 24 heavy (non-hydrogen) atoms. The second-order valence-electron chi connectivity index (χ2n) is 7.58. The molecule has 0 unspecified atom stereocenters. The predicted octanol–water partition coefficient (Wildman–Crippen LogP) is 2.62. The quantitative estimate of drug-likeness (QED) is 0.633. The number of likely N-dealkylation sites (tertiary alicyclic amines) is 1. The van der Waals surface area contributed by atoms with Crippen LogP contribution < -0.4 is 5.46 Å². The summed E-state index contributed by atoms with van der Waals surface area (Å²) in [4.78, 5) is 14.1. The topological polar surface area (TPSA) is 38.8 Å². The van der Waals surface area contributed by atoms with Crippen LogP contribution in [0.2, 0.25) is 0 Å². The van der Waals surface area contributed by atoms with Gasteiger partial charge in [0, 0.05) is 19.2 Å². The molecule has 0 radical (unpaired) electrons. The highest BCUT2D eigenvalue weighted by atomic mass is 16.7. The Balaban J connectivity index is 1.80. The summed E-state index contributed by atoms with van der Waals surface area (Å²) in [6.07, 6.45) is 5.74. The maximum atomic E-state index is 12.2. The van der Waals surface area contributed by atoms with Gasteiger partial charge in [-0.3, -0.25) is 4.79 Å². The molecule has 0 atom stereocenters. The Morgan fingerprint density at radius 1 is 1.08 bits per heavy atom. The third-order valence-corrected chi connectivity index (χ3v) is 5.33. The fourth-order valence-electron chi connectivity index (χ4n) is 3.05. The lowest BCUT2D eigenvalue weighted by molar-refractivity contribution is -0.124. The number of hydrogen-bond donors (Lipinski definition) is 0. The summed E-state index contributed by atoms with van der Waals surface area (Å²) in [5.41, 5.74) is 1.17. The van der Waals surface area contributed by atoms with E-state index in [9.17, 15) is 4.79 Å². The van der Waals surface area contributed by atoms with E-state index in [4.69, 9.17) is 9.31 Å². The van der Waals surface area contributed by atoms with Crippen LogP contribution in [0.25, 0.3) is 6.08 Å². The Bertz CT molecular complexity index is 632. The minimum absolute atomic E-state index is 0.0798. The van der Waals surface area contributed by atoms with Crippen molar-refractivity contribution in [3.05, 3.63) is 35.9 Å². The molecule has 2 heterocycles. The molecule has 1 aromatic carbocycles. The van der Waals surface area contributed by atoms with E-state index in [1.54, 1.807) is 6.08 Å². The Hall–Kier alpha value is -1.59. The van der Waals surface area contributed by atoms with Gasteiger partial charge in [0.1, 0.15) is 0 Å². The Kier molecular flexibility index (Phi) is 4.58. The lowest BCUT2D eigenvalue weighted by Gasteiger charge is -2.32. The zero-order valence-corrected chi connectivity index (χ0v) is 15.0. The SMILES string of the molecule is CC1(C)OB(c2ccccc2/C=C\C(=O)N2CCCC2)OC1(C)C. The molecule has 0 aliphatic carbocycles. The van der Waals surface area contributed by atoms with Gasteiger partial charge >= 0.3 is 7.12 Å². The molecule has 128 valence electrons. The number of nitrogens with zero attached hydrogens (tertiary/aromatic N) is 1. The lowest BCUT2D eigenvalue weighted by Crippen LogP contribution is -2.41. The molecule has 2 fully saturated rings. The summed E-state index contributed by atoms with van der Waals surface area (Å²) in [7, 11) is -0.419. The normalized spacial score (nSPS) is 22.5. The Labute approximate surface area is 145 Å². The average Bonchev–Trinajstić information content (AvgIpc) is 3.12. The number of benzene rings is 1. The summed E-state index contributed by atoms with van der Waals surface area (Å²) in [5, 5.41) is 0. The third-order valence-electron chi connectivity index (χ3n) is 5.33. The second-order valence-corrected chi connectivity index (χ2v) is 7.58. The van der Waals surface area contributed by atoms with E-state index in [2.05, 4.69) is 0 Å². The molecule has 0 saturated carbocycles. The van der Waals surface area contributed by atoms with Crippen molar-refractivity contribution < 1.29 is 14.1 Å². The Morgan fingerprint density at radius 2 is 1.67 bits per heavy atom. The number of rotatable bonds is 3. The summed E-state index contributed by atoms with van der Waals surface area (Å²) >= 11 is 0. The van der Waals surface area contributed by atoms with E-state index in [-0.39, 0.29) is 17.1 Å². The van der Waals surface area contributed by atoms with Crippen molar-refractivity contribution in [2.24, 2.45) is 0 Å². The first-order chi connectivity index (χ1) is 11.3. The zero-order chi connectivity index (χ0) is 17.4. The second kappa shape index (κ2) is 6.38. The van der Waals surface area contributed by atoms with E-state index in [0.717, 1.165) is 37.0 Å². The minimum atomic E-state index is -0.419. The van der Waals surface area contributed by atoms with Crippen LogP contribution in [0.15, 0.2) is 30.3 Å². The van der Waals surface area contributed by atoms with Crippen LogP contribution in [0.1, 0.15) is 46.1 Å². The first-order valence-corrected chi connectivity index (χ1v) is 8.72. The number of amides is 1. The zero-order valence-electron chi connectivity index (χ0n) is 15.0. The molecule has 2 aliphatic heterocycles. The molecule has 1 aromatic rings. The molecule has 5 heteroatoms. The fraction of sp³-hybridized carbons (Fsp3) is 0.526. The van der Waals surface area contributed by atoms with Crippen LogP contribution in [0.3, 0.4) is 0 Å². The van der Waals surface area contributed by atoms with Crippen LogP contribution >= 0.6 is 0 Å². The smallest absolute Gasteiger partial charge is 0.399 e. The highest BCUT2D eigenvalue weighted by Crippen LogP contribution is 2.36. The molecule has 1 amide bonds. The monoisotopic (exact) mass is 327 g/mol. The van der Waals surface area contributed by atoms with Gasteiger partial charge in [0.15, 0.2) is 0 Å². The van der Waals surface area contributed by atoms with Crippen LogP contribution in [0.4, 0.5) is 0 Å². The summed E-state index contributed by atoms with van der Waals surface area (Å²) in [6, 6.07) is 7.94. The largest absolute Gasteiger partial charge is 0.495 e. The van der Waals surface area contributed by atoms with E-state index in [1.165, 1.54) is 0 Å². The Morgan fingerprint density at radius 3 is 2.29 bits per heavy atom. The van der Waals surface area contributed by atoms with Gasteiger partial charge in [-0.1, -0.05) is 24.3 Å². The highest BCUT2D eigenvalue weighted by Gasteiger charge is 2.52. The number of carbonyl (C=O) groups is 1. The van der Waals surface area contributed by atoms with E-state index < -0.39 is 7.12 Å². The molecule has 0 aromatic heterocycles. The van der Waals surface area contributed by atoms with Crippen molar-refractivity contribution in [3.63, 3.8) is 0 Å². The van der Waals surface area contributed by atoms with Gasteiger partial charge in [0.05, 0.1) is 11.2 Å². The number of carbonyl (C=O) groups excluding carboxylic acids is 1. The van der Waals surface area contributed by atoms with Gasteiger partial charge in [0.2, 0.25) is 5.91 Å². The van der Waals surface area contributed by atoms with Crippen molar-refractivity contribution in [2.75, 3.05) is 13.1 Å². The standard InChI is InChI=1S/C19H26BNO3/c1-18(2)19(3,4)24-20(23-18)16-10-6-5-9-15(16)11-12-17(22)21-13-7-8-14-21/h5-6,9-12H,7-8,13-14H2,1-4H3/b12-11-. The van der Waals surface area contributed by atoms with Crippen LogP contribution in [-0.2, 0) is 14.1 Å². The van der Waals surface area contributed by atoms with Gasteiger partial charge in [-0.2, -0.15) is 0 Å². The maximum Gasteiger partial charge on any atom is 0.495 e. The average molecular weight is 327 g/mol. The van der Waals surface area contributed by atoms with Crippen molar-refractivity contribution in [1.29, 1.82) is 0 Å². The van der Waals surface area contributed by atoms with Crippen molar-refractivity contribution in [2.45, 2.75) is 51.7 Å². The minimum Gasteiger partial charge on any atom is -0.399 e. The summed E-state index contributed by atoms with van der Waals surface area (Å²) in [5.74, 6) is 0.0798. The van der Waals surface area contributed by atoms with E-state index in [0.29, 0.717) is 0 Å². The third kappa shape index (κ3) is 3.28. The molecule has 2 aliphatic rings.